The summed E-state index contributed by atoms with van der Waals surface area (Å²) in [6.45, 7) is 20.3. The molecule has 0 N–H and O–H groups in total. The van der Waals surface area contributed by atoms with Crippen molar-refractivity contribution >= 4 is 76.6 Å². The molecule has 0 bridgehead atoms. The summed E-state index contributed by atoms with van der Waals surface area (Å²) in [5, 5.41) is 0. The average Bonchev–Trinajstić information content (AvgIpc) is 3.39. The summed E-state index contributed by atoms with van der Waals surface area (Å²) in [6.07, 6.45) is 4.53. The Morgan fingerprint density at radius 1 is 0.800 bits per heavy atom. The molecule has 0 amide bonds. The van der Waals surface area contributed by atoms with Crippen LogP contribution in [0.25, 0.3) is 22.3 Å². The van der Waals surface area contributed by atoms with Crippen LogP contribution in [-0.2, 0) is 22.9 Å². The fraction of sp³-hybridized carbons (Fsp3) is 0.519. The van der Waals surface area contributed by atoms with Crippen LogP contribution < -0.4 is 0 Å². The summed E-state index contributed by atoms with van der Waals surface area (Å²) in [5.41, 5.74) is 5.30. The minimum atomic E-state index is -1.09. The van der Waals surface area contributed by atoms with Gasteiger partial charge in [0.05, 0.1) is 17.0 Å². The van der Waals surface area contributed by atoms with Crippen molar-refractivity contribution in [1.82, 2.24) is 29.1 Å². The number of fused-ring (bicyclic) bond motifs is 2. The molecule has 40 heavy (non-hydrogen) atoms. The van der Waals surface area contributed by atoms with Gasteiger partial charge in [-0.05, 0) is 63.9 Å². The fourth-order valence-corrected chi connectivity index (χ4v) is 5.65. The number of aldehydes is 1. The molecule has 0 spiro atoms. The second-order valence-electron chi connectivity index (χ2n) is 12.2. The number of nitrogens with zero attached hydrogens (tertiary/aromatic N) is 6. The predicted octanol–water partition coefficient (Wildman–Crippen LogP) is 7.44. The highest BCUT2D eigenvalue weighted by molar-refractivity contribution is 9.10. The van der Waals surface area contributed by atoms with Crippen molar-refractivity contribution in [2.24, 2.45) is 0 Å². The molecule has 4 heterocycles. The van der Waals surface area contributed by atoms with Crippen LogP contribution in [0, 0.1) is 13.8 Å². The number of rotatable bonds is 11. The number of hydrogen-bond acceptors (Lipinski definition) is 7. The van der Waals surface area contributed by atoms with Crippen LogP contribution in [0.1, 0.15) is 21.7 Å². The number of halogens is 2. The van der Waals surface area contributed by atoms with Crippen molar-refractivity contribution in [3.05, 3.63) is 44.6 Å². The van der Waals surface area contributed by atoms with E-state index in [1.165, 1.54) is 6.04 Å². The van der Waals surface area contributed by atoms with Gasteiger partial charge in [0, 0.05) is 41.8 Å². The smallest absolute Gasteiger partial charge is 0.161 e. The Kier molecular flexibility index (Phi) is 11.4. The molecule has 0 radical (unpaired) electrons. The van der Waals surface area contributed by atoms with Crippen LogP contribution in [-0.4, -0.2) is 64.7 Å². The molecule has 218 valence electrons. The van der Waals surface area contributed by atoms with Gasteiger partial charge in [0.1, 0.15) is 33.7 Å². The van der Waals surface area contributed by atoms with Gasteiger partial charge in [-0.3, -0.25) is 4.79 Å². The predicted molar refractivity (Wildman–Crippen MR) is 174 cm³/mol. The third kappa shape index (κ3) is 9.38. The highest BCUT2D eigenvalue weighted by Crippen LogP contribution is 2.22. The molecular formula is C27H40Br2N6O3Si2. The molecule has 0 unspecified atom stereocenters. The number of ether oxygens (including phenoxy) is 2. The van der Waals surface area contributed by atoms with Crippen LogP contribution in [0.3, 0.4) is 0 Å². The van der Waals surface area contributed by atoms with Gasteiger partial charge in [0.2, 0.25) is 0 Å². The highest BCUT2D eigenvalue weighted by Gasteiger charge is 2.15. The second-order valence-corrected chi connectivity index (χ2v) is 25.0. The zero-order valence-electron chi connectivity index (χ0n) is 24.7. The molecule has 13 heteroatoms. The Labute approximate surface area is 255 Å². The molecule has 9 nitrogen and oxygen atoms in total. The Balaban J connectivity index is 0.000000222. The summed E-state index contributed by atoms with van der Waals surface area (Å²) >= 11 is 6.75. The zero-order chi connectivity index (χ0) is 29.7. The van der Waals surface area contributed by atoms with Crippen molar-refractivity contribution < 1.29 is 14.3 Å². The summed E-state index contributed by atoms with van der Waals surface area (Å²) in [7, 11) is -2.11. The largest absolute Gasteiger partial charge is 0.361 e. The van der Waals surface area contributed by atoms with Gasteiger partial charge in [-0.15, -0.1) is 0 Å². The maximum atomic E-state index is 11.2. The van der Waals surface area contributed by atoms with Crippen LogP contribution >= 0.6 is 31.9 Å². The number of hydrogen-bond donors (Lipinski definition) is 0. The van der Waals surface area contributed by atoms with E-state index in [2.05, 4.69) is 91.1 Å². The van der Waals surface area contributed by atoms with Crippen LogP contribution in [0.5, 0.6) is 0 Å². The van der Waals surface area contributed by atoms with Gasteiger partial charge < -0.3 is 18.6 Å². The van der Waals surface area contributed by atoms with E-state index < -0.39 is 16.1 Å². The molecule has 0 saturated carbocycles. The molecule has 4 aromatic heterocycles. The molecule has 4 aromatic rings. The summed E-state index contributed by atoms with van der Waals surface area (Å²) < 4.78 is 16.8. The highest BCUT2D eigenvalue weighted by atomic mass is 79.9. The van der Waals surface area contributed by atoms with Gasteiger partial charge in [-0.2, -0.15) is 0 Å². The zero-order valence-corrected chi connectivity index (χ0v) is 29.9. The first kappa shape index (κ1) is 32.7. The Morgan fingerprint density at radius 2 is 1.32 bits per heavy atom. The number of aryl methyl sites for hydroxylation is 2. The van der Waals surface area contributed by atoms with Crippen LogP contribution in [0.2, 0.25) is 51.4 Å². The SMILES string of the molecule is Cc1nc2c(ccn2COCC[Si](C)(C)C)nc1Br.Cc1nc2c(nc1Br)c(C=O)cn2COCC[Si](C)(C)C. The maximum absolute atomic E-state index is 11.2. The van der Waals surface area contributed by atoms with Crippen LogP contribution in [0.15, 0.2) is 27.7 Å². The van der Waals surface area contributed by atoms with Crippen molar-refractivity contribution in [3.63, 3.8) is 0 Å². The van der Waals surface area contributed by atoms with Crippen molar-refractivity contribution in [2.45, 2.75) is 78.7 Å². The number of carbonyl (C=O) groups is 1. The van der Waals surface area contributed by atoms with E-state index in [-0.39, 0.29) is 0 Å². The van der Waals surface area contributed by atoms with Gasteiger partial charge >= 0.3 is 0 Å². The topological polar surface area (TPSA) is 97.0 Å². The van der Waals surface area contributed by atoms with E-state index >= 15 is 0 Å². The summed E-state index contributed by atoms with van der Waals surface area (Å²) in [4.78, 5) is 29.0. The molecule has 0 fully saturated rings. The molecule has 0 saturated heterocycles. The summed E-state index contributed by atoms with van der Waals surface area (Å²) in [5.74, 6) is 0. The third-order valence-corrected chi connectivity index (χ3v) is 11.0. The Morgan fingerprint density at radius 3 is 1.88 bits per heavy atom. The molecule has 0 aliphatic heterocycles. The molecule has 0 atom stereocenters. The monoisotopic (exact) mass is 710 g/mol. The normalized spacial score (nSPS) is 12.2. The number of aromatic nitrogens is 6. The maximum Gasteiger partial charge on any atom is 0.161 e. The lowest BCUT2D eigenvalue weighted by molar-refractivity contribution is 0.0896. The van der Waals surface area contributed by atoms with E-state index in [0.717, 1.165) is 52.7 Å². The van der Waals surface area contributed by atoms with E-state index in [1.807, 2.05) is 35.2 Å². The lowest BCUT2D eigenvalue weighted by Crippen LogP contribution is -2.22. The van der Waals surface area contributed by atoms with E-state index in [0.29, 0.717) is 34.8 Å². The minimum absolute atomic E-state index is 0.393. The van der Waals surface area contributed by atoms with Crippen molar-refractivity contribution in [3.8, 4) is 0 Å². The van der Waals surface area contributed by atoms with Gasteiger partial charge in [0.15, 0.2) is 17.6 Å². The standard InChI is InChI=1S/C14H20BrN3O2Si.C13H20BrN3OSi/c1-10-13(15)17-12-11(8-19)7-18(14(12)16-10)9-20-5-6-21(2,3)4;1-10-12(14)16-11-5-6-17(13(11)15-10)9-18-7-8-19(2,3)4/h7-8H,5-6,9H2,1-4H3;5-6H,7-9H2,1-4H3. The van der Waals surface area contributed by atoms with Crippen molar-refractivity contribution in [2.75, 3.05) is 13.2 Å². The first-order valence-corrected chi connectivity index (χ1v) is 22.3. The quantitative estimate of drug-likeness (QED) is 0.0906. The second kappa shape index (κ2) is 13.9. The molecule has 0 aliphatic rings. The third-order valence-electron chi connectivity index (χ3n) is 6.12. The van der Waals surface area contributed by atoms with E-state index in [9.17, 15) is 4.79 Å². The van der Waals surface area contributed by atoms with Gasteiger partial charge in [-0.1, -0.05) is 39.3 Å². The Hall–Kier alpha value is -1.78. The van der Waals surface area contributed by atoms with E-state index in [4.69, 9.17) is 9.47 Å². The first-order valence-electron chi connectivity index (χ1n) is 13.3. The molecular weight excluding hydrogens is 672 g/mol. The summed E-state index contributed by atoms with van der Waals surface area (Å²) in [6, 6.07) is 4.26. The first-order chi connectivity index (χ1) is 18.7. The lowest BCUT2D eigenvalue weighted by atomic mass is 10.3. The number of carbonyl (C=O) groups excluding carboxylic acids is 1. The van der Waals surface area contributed by atoms with Crippen LogP contribution in [0.4, 0.5) is 0 Å². The van der Waals surface area contributed by atoms with E-state index in [1.54, 1.807) is 6.20 Å². The van der Waals surface area contributed by atoms with Gasteiger partial charge in [-0.25, -0.2) is 19.9 Å². The molecule has 0 aliphatic carbocycles. The molecule has 4 rings (SSSR count). The minimum Gasteiger partial charge on any atom is -0.361 e. The molecule has 0 aromatic carbocycles. The van der Waals surface area contributed by atoms with Gasteiger partial charge in [0.25, 0.3) is 0 Å². The fourth-order valence-electron chi connectivity index (χ4n) is 3.60. The van der Waals surface area contributed by atoms with Crippen molar-refractivity contribution in [1.29, 1.82) is 0 Å². The Bertz CT molecular complexity index is 1460. The average molecular weight is 713 g/mol. The lowest BCUT2D eigenvalue weighted by Gasteiger charge is -2.15.